The second kappa shape index (κ2) is 17.1. The van der Waals surface area contributed by atoms with Gasteiger partial charge in [-0.25, -0.2) is 9.36 Å². The summed E-state index contributed by atoms with van der Waals surface area (Å²) in [7, 11) is 1.55. The van der Waals surface area contributed by atoms with Crippen molar-refractivity contribution in [3.05, 3.63) is 142 Å². The third-order valence-corrected chi connectivity index (χ3v) is 10.1. The topological polar surface area (TPSA) is 198 Å². The lowest BCUT2D eigenvalue weighted by Crippen LogP contribution is -2.25. The average Bonchev–Trinajstić information content (AvgIpc) is 4.17. The fourth-order valence-electron chi connectivity index (χ4n) is 6.37. The lowest BCUT2D eigenvalue weighted by molar-refractivity contribution is 0.0942. The second-order valence-corrected chi connectivity index (χ2v) is 14.6. The predicted molar refractivity (Wildman–Crippen MR) is 224 cm³/mol. The van der Waals surface area contributed by atoms with Crippen molar-refractivity contribution in [2.24, 2.45) is 0 Å². The molecule has 0 spiro atoms. The fourth-order valence-corrected chi connectivity index (χ4v) is 6.37. The first-order chi connectivity index (χ1) is 28.4. The maximum absolute atomic E-state index is 13.0. The summed E-state index contributed by atoms with van der Waals surface area (Å²) >= 11 is 0. The van der Waals surface area contributed by atoms with Gasteiger partial charge in [-0.05, 0) is 106 Å². The van der Waals surface area contributed by atoms with E-state index in [-0.39, 0.29) is 47.1 Å². The van der Waals surface area contributed by atoms with Gasteiger partial charge in [-0.2, -0.15) is 10.2 Å². The van der Waals surface area contributed by atoms with Crippen LogP contribution in [-0.4, -0.2) is 68.7 Å². The molecule has 14 nitrogen and oxygen atoms in total. The maximum atomic E-state index is 13.0. The molecule has 2 fully saturated rings. The Hall–Kier alpha value is -7.22. The summed E-state index contributed by atoms with van der Waals surface area (Å²) in [6.45, 7) is 6.22. The molecule has 2 saturated carbocycles. The molecule has 2 aromatic heterocycles. The Balaban J connectivity index is 0.000000179. The van der Waals surface area contributed by atoms with Gasteiger partial charge in [0.15, 0.2) is 11.6 Å². The van der Waals surface area contributed by atoms with Crippen LogP contribution in [0.1, 0.15) is 96.3 Å². The third-order valence-electron chi connectivity index (χ3n) is 10.1. The number of nitrogen functional groups attached to an aromatic ring is 2. The molecule has 6 N–H and O–H groups in total. The van der Waals surface area contributed by atoms with E-state index in [0.29, 0.717) is 62.9 Å². The highest BCUT2D eigenvalue weighted by molar-refractivity contribution is 6.12. The molecule has 0 bridgehead atoms. The number of ether oxygens (including phenoxy) is 2. The summed E-state index contributed by atoms with van der Waals surface area (Å²) in [5, 5.41) is 14.6. The van der Waals surface area contributed by atoms with Crippen LogP contribution in [0.3, 0.4) is 0 Å². The number of anilines is 2. The molecule has 8 rings (SSSR count). The van der Waals surface area contributed by atoms with Crippen molar-refractivity contribution < 1.29 is 28.7 Å². The number of hydrogen-bond acceptors (Lipinski definition) is 10. The largest absolute Gasteiger partial charge is 0.497 e. The maximum Gasteiger partial charge on any atom is 0.251 e. The Morgan fingerprint density at radius 1 is 0.644 bits per heavy atom. The molecule has 2 heterocycles. The van der Waals surface area contributed by atoms with Crippen LogP contribution in [-0.2, 0) is 0 Å². The predicted octanol–water partition coefficient (Wildman–Crippen LogP) is 6.18. The lowest BCUT2D eigenvalue weighted by atomic mass is 10.1. The number of nitrogens with two attached hydrogens (primary N) is 2. The molecule has 0 saturated heterocycles. The van der Waals surface area contributed by atoms with Crippen molar-refractivity contribution >= 4 is 35.0 Å². The van der Waals surface area contributed by atoms with Crippen molar-refractivity contribution in [3.63, 3.8) is 0 Å². The fraction of sp³-hybridized carbons (Fsp3) is 0.244. The molecular formula is C45H46N8O6. The molecule has 14 heteroatoms. The van der Waals surface area contributed by atoms with Crippen LogP contribution in [0.4, 0.5) is 11.6 Å². The van der Waals surface area contributed by atoms with Crippen LogP contribution in [0.2, 0.25) is 0 Å². The zero-order valence-corrected chi connectivity index (χ0v) is 33.3. The van der Waals surface area contributed by atoms with Crippen molar-refractivity contribution in [3.8, 4) is 22.9 Å². The summed E-state index contributed by atoms with van der Waals surface area (Å²) < 4.78 is 13.7. The van der Waals surface area contributed by atoms with Gasteiger partial charge in [0.25, 0.3) is 11.8 Å². The van der Waals surface area contributed by atoms with Gasteiger partial charge in [0.2, 0.25) is 0 Å². The van der Waals surface area contributed by atoms with Gasteiger partial charge in [-0.3, -0.25) is 19.2 Å². The highest BCUT2D eigenvalue weighted by Gasteiger charge is 2.26. The molecular weight excluding hydrogens is 749 g/mol. The number of methoxy groups -OCH3 is 1. The van der Waals surface area contributed by atoms with Crippen molar-refractivity contribution in [1.29, 1.82) is 0 Å². The van der Waals surface area contributed by atoms with Crippen molar-refractivity contribution in [2.45, 2.75) is 58.5 Å². The van der Waals surface area contributed by atoms with Gasteiger partial charge >= 0.3 is 0 Å². The van der Waals surface area contributed by atoms with Crippen LogP contribution in [0.25, 0.3) is 11.4 Å². The van der Waals surface area contributed by atoms with E-state index in [2.05, 4.69) is 20.8 Å². The number of aromatic nitrogens is 4. The van der Waals surface area contributed by atoms with Crippen molar-refractivity contribution in [2.75, 3.05) is 25.2 Å². The molecule has 2 amide bonds. The Morgan fingerprint density at radius 2 is 1.08 bits per heavy atom. The first-order valence-corrected chi connectivity index (χ1v) is 19.4. The zero-order chi connectivity index (χ0) is 41.8. The Bertz CT molecular complexity index is 2570. The SMILES string of the molecule is CCOc1cccc(C(=O)c2cnn(-c3cc(C(=O)NC4CC4)ccc3C)c2N)c1.COc1cccc(C(=O)c2cnn(-c3cc(C(=O)NC4CC4)ccc3C)c2N)c1. The minimum atomic E-state index is -0.243. The van der Waals surface area contributed by atoms with Crippen LogP contribution in [0.5, 0.6) is 11.5 Å². The van der Waals surface area contributed by atoms with E-state index < -0.39 is 0 Å². The first-order valence-electron chi connectivity index (χ1n) is 19.4. The van der Waals surface area contributed by atoms with Crippen LogP contribution in [0, 0.1) is 13.8 Å². The Kier molecular flexibility index (Phi) is 11.6. The standard InChI is InChI=1S/C23H24N4O3.C22H22N4O3/c1-3-30-18-6-4-5-15(11-18)21(28)19-13-25-27(22(19)24)20-12-16(8-7-14(20)2)23(29)26-17-9-10-17;1-13-6-7-15(22(28)25-16-8-9-16)11-19(13)26-21(23)18(12-24-26)20(27)14-4-3-5-17(10-14)29-2/h4-8,11-13,17H,3,9-10,24H2,1-2H3,(H,26,29);3-7,10-12,16H,8-9,23H2,1-2H3,(H,25,28). The van der Waals surface area contributed by atoms with Gasteiger partial charge in [0.1, 0.15) is 23.1 Å². The Morgan fingerprint density at radius 3 is 1.51 bits per heavy atom. The van der Waals surface area contributed by atoms with E-state index in [1.807, 2.05) is 32.9 Å². The molecule has 0 atom stereocenters. The number of carbonyl (C=O) groups is 4. The lowest BCUT2D eigenvalue weighted by Gasteiger charge is -2.11. The van der Waals surface area contributed by atoms with E-state index >= 15 is 0 Å². The zero-order valence-electron chi connectivity index (χ0n) is 33.3. The summed E-state index contributed by atoms with van der Waals surface area (Å²) in [5.41, 5.74) is 18.3. The minimum Gasteiger partial charge on any atom is -0.497 e. The first kappa shape index (κ1) is 40.0. The number of aryl methyl sites for hydroxylation is 2. The molecule has 302 valence electrons. The number of benzene rings is 4. The number of nitrogens with one attached hydrogen (secondary N) is 2. The highest BCUT2D eigenvalue weighted by Crippen LogP contribution is 2.28. The van der Waals surface area contributed by atoms with Gasteiger partial charge in [0, 0.05) is 34.3 Å². The summed E-state index contributed by atoms with van der Waals surface area (Å²) in [5.74, 6) is 0.950. The molecule has 2 aliphatic carbocycles. The molecule has 2 aliphatic rings. The van der Waals surface area contributed by atoms with Gasteiger partial charge in [-0.1, -0.05) is 36.4 Å². The number of hydrogen-bond donors (Lipinski definition) is 4. The number of amides is 2. The number of rotatable bonds is 13. The van der Waals surface area contributed by atoms with Crippen LogP contribution < -0.4 is 31.6 Å². The molecule has 0 radical (unpaired) electrons. The van der Waals surface area contributed by atoms with Crippen molar-refractivity contribution in [1.82, 2.24) is 30.2 Å². The molecule has 59 heavy (non-hydrogen) atoms. The third kappa shape index (κ3) is 9.01. The minimum absolute atomic E-state index is 0.117. The highest BCUT2D eigenvalue weighted by atomic mass is 16.5. The summed E-state index contributed by atoms with van der Waals surface area (Å²) in [6, 6.07) is 25.2. The van der Waals surface area contributed by atoms with E-state index in [0.717, 1.165) is 36.8 Å². The molecule has 6 aromatic rings. The monoisotopic (exact) mass is 794 g/mol. The van der Waals surface area contributed by atoms with Gasteiger partial charge < -0.3 is 31.6 Å². The van der Waals surface area contributed by atoms with E-state index in [4.69, 9.17) is 20.9 Å². The van der Waals surface area contributed by atoms with E-state index in [9.17, 15) is 19.2 Å². The number of nitrogens with zero attached hydrogens (tertiary/aromatic N) is 4. The van der Waals surface area contributed by atoms with Crippen LogP contribution >= 0.6 is 0 Å². The van der Waals surface area contributed by atoms with Crippen LogP contribution in [0.15, 0.2) is 97.3 Å². The molecule has 0 aliphatic heterocycles. The normalized spacial score (nSPS) is 13.2. The average molecular weight is 795 g/mol. The van der Waals surface area contributed by atoms with Gasteiger partial charge in [0.05, 0.1) is 48.6 Å². The second-order valence-electron chi connectivity index (χ2n) is 14.6. The number of carbonyl (C=O) groups excluding carboxylic acids is 4. The summed E-state index contributed by atoms with van der Waals surface area (Å²) in [4.78, 5) is 50.7. The van der Waals surface area contributed by atoms with E-state index in [1.54, 1.807) is 79.9 Å². The van der Waals surface area contributed by atoms with Gasteiger partial charge in [-0.15, -0.1) is 0 Å². The molecule has 0 unspecified atom stereocenters. The molecule has 4 aromatic carbocycles. The number of ketones is 2. The Labute approximate surface area is 341 Å². The van der Waals surface area contributed by atoms with E-state index in [1.165, 1.54) is 21.8 Å². The summed E-state index contributed by atoms with van der Waals surface area (Å²) in [6.07, 6.45) is 6.99. The quantitative estimate of drug-likeness (QED) is 0.0980. The smallest absolute Gasteiger partial charge is 0.251 e.